The molecule has 1 atom stereocenters. The lowest BCUT2D eigenvalue weighted by Crippen LogP contribution is -2.32. The maximum Gasteiger partial charge on any atom is 0.267 e. The van der Waals surface area contributed by atoms with E-state index in [0.29, 0.717) is 28.3 Å². The lowest BCUT2D eigenvalue weighted by molar-refractivity contribution is -0.122. The Balaban J connectivity index is 2.02. The summed E-state index contributed by atoms with van der Waals surface area (Å²) in [4.78, 5) is 12.4. The summed E-state index contributed by atoms with van der Waals surface area (Å²) >= 11 is 2.97. The number of carbonyl (C=O) groups is 1. The molecule has 0 spiro atoms. The molecule has 130 valence electrons. The summed E-state index contributed by atoms with van der Waals surface area (Å²) in [6, 6.07) is 7.25. The van der Waals surface area contributed by atoms with Gasteiger partial charge in [-0.1, -0.05) is 56.0 Å². The van der Waals surface area contributed by atoms with Gasteiger partial charge < -0.3 is 9.47 Å². The highest BCUT2D eigenvalue weighted by Gasteiger charge is 2.21. The number of nitrogens with one attached hydrogen (secondary N) is 1. The van der Waals surface area contributed by atoms with Gasteiger partial charge in [0.2, 0.25) is 5.13 Å². The molecule has 1 aromatic carbocycles. The van der Waals surface area contributed by atoms with Gasteiger partial charge in [0.1, 0.15) is 0 Å². The molecule has 0 aliphatic carbocycles. The van der Waals surface area contributed by atoms with Crippen molar-refractivity contribution >= 4 is 34.1 Å². The van der Waals surface area contributed by atoms with Gasteiger partial charge in [0.25, 0.3) is 5.91 Å². The quantitative estimate of drug-likeness (QED) is 0.564. The maximum absolute atomic E-state index is 12.4. The third-order valence-electron chi connectivity index (χ3n) is 2.97. The van der Waals surface area contributed by atoms with E-state index in [1.807, 2.05) is 19.1 Å². The summed E-state index contributed by atoms with van der Waals surface area (Å²) in [7, 11) is 1.57. The van der Waals surface area contributed by atoms with Crippen LogP contribution >= 0.6 is 23.1 Å². The average Bonchev–Trinajstić information content (AvgIpc) is 2.98. The van der Waals surface area contributed by atoms with Gasteiger partial charge in [0.15, 0.2) is 21.9 Å². The molecular formula is C16H21N3O3S2. The van der Waals surface area contributed by atoms with E-state index in [-0.39, 0.29) is 5.91 Å². The van der Waals surface area contributed by atoms with Crippen molar-refractivity contribution in [3.63, 3.8) is 0 Å². The molecule has 0 aliphatic heterocycles. The first-order valence-corrected chi connectivity index (χ1v) is 9.33. The minimum atomic E-state index is -0.633. The fourth-order valence-corrected chi connectivity index (χ4v) is 3.87. The standard InChI is InChI=1S/C16H21N3O3S2/c1-5-11(22-13-9-7-6-8-12(13)21-4)14(20)17-15-18-19-16(24-15)23-10(2)3/h6-11H,5H2,1-4H3,(H,17,18,20). The van der Waals surface area contributed by atoms with Crippen LogP contribution in [0.1, 0.15) is 27.2 Å². The van der Waals surface area contributed by atoms with Crippen LogP contribution in [0, 0.1) is 0 Å². The van der Waals surface area contributed by atoms with E-state index in [4.69, 9.17) is 9.47 Å². The van der Waals surface area contributed by atoms with E-state index >= 15 is 0 Å². The summed E-state index contributed by atoms with van der Waals surface area (Å²) in [5, 5.41) is 11.7. The van der Waals surface area contributed by atoms with Crippen LogP contribution in [-0.4, -0.2) is 34.6 Å². The second-order valence-electron chi connectivity index (χ2n) is 5.19. The Hall–Kier alpha value is -1.80. The predicted molar refractivity (Wildman–Crippen MR) is 97.2 cm³/mol. The number of para-hydroxylation sites is 2. The first kappa shape index (κ1) is 18.5. The first-order valence-electron chi connectivity index (χ1n) is 7.64. The van der Waals surface area contributed by atoms with Crippen LogP contribution in [0.15, 0.2) is 28.6 Å². The SMILES string of the molecule is CCC(Oc1ccccc1OC)C(=O)Nc1nnc(SC(C)C)s1. The minimum absolute atomic E-state index is 0.249. The Morgan fingerprint density at radius 2 is 2.00 bits per heavy atom. The van der Waals surface area contributed by atoms with Crippen molar-refractivity contribution < 1.29 is 14.3 Å². The van der Waals surface area contributed by atoms with Gasteiger partial charge in [-0.05, 0) is 18.6 Å². The van der Waals surface area contributed by atoms with Crippen molar-refractivity contribution in [1.82, 2.24) is 10.2 Å². The van der Waals surface area contributed by atoms with Crippen LogP contribution in [0.3, 0.4) is 0 Å². The van der Waals surface area contributed by atoms with Gasteiger partial charge in [-0.25, -0.2) is 0 Å². The molecule has 0 saturated heterocycles. The fourth-order valence-electron chi connectivity index (χ4n) is 1.89. The van der Waals surface area contributed by atoms with Crippen LogP contribution in [0.25, 0.3) is 0 Å². The number of methoxy groups -OCH3 is 1. The van der Waals surface area contributed by atoms with Crippen molar-refractivity contribution in [1.29, 1.82) is 0 Å². The van der Waals surface area contributed by atoms with Crippen molar-refractivity contribution in [3.05, 3.63) is 24.3 Å². The molecule has 6 nitrogen and oxygen atoms in total. The number of rotatable bonds is 8. The smallest absolute Gasteiger partial charge is 0.267 e. The average molecular weight is 367 g/mol. The molecule has 1 heterocycles. The number of nitrogens with zero attached hydrogens (tertiary/aromatic N) is 2. The van der Waals surface area contributed by atoms with Crippen molar-refractivity contribution in [3.8, 4) is 11.5 Å². The molecule has 0 saturated carbocycles. The molecule has 1 aromatic heterocycles. The number of carbonyl (C=O) groups excluding carboxylic acids is 1. The van der Waals surface area contributed by atoms with Crippen molar-refractivity contribution in [2.45, 2.75) is 42.9 Å². The summed E-state index contributed by atoms with van der Waals surface area (Å²) in [6.07, 6.45) is -0.109. The normalized spacial score (nSPS) is 12.0. The van der Waals surface area contributed by atoms with Gasteiger partial charge in [-0.15, -0.1) is 10.2 Å². The van der Waals surface area contributed by atoms with E-state index in [0.717, 1.165) is 4.34 Å². The number of benzene rings is 1. The van der Waals surface area contributed by atoms with E-state index in [2.05, 4.69) is 29.4 Å². The van der Waals surface area contributed by atoms with Crippen molar-refractivity contribution in [2.75, 3.05) is 12.4 Å². The third kappa shape index (κ3) is 5.10. The number of ether oxygens (including phenoxy) is 2. The highest BCUT2D eigenvalue weighted by Crippen LogP contribution is 2.30. The first-order chi connectivity index (χ1) is 11.5. The topological polar surface area (TPSA) is 73.3 Å². The highest BCUT2D eigenvalue weighted by atomic mass is 32.2. The van der Waals surface area contributed by atoms with E-state index in [1.165, 1.54) is 11.3 Å². The van der Waals surface area contributed by atoms with Crippen LogP contribution in [0.2, 0.25) is 0 Å². The molecule has 1 unspecified atom stereocenters. The Morgan fingerprint density at radius 1 is 1.29 bits per heavy atom. The van der Waals surface area contributed by atoms with Crippen molar-refractivity contribution in [2.24, 2.45) is 0 Å². The van der Waals surface area contributed by atoms with Gasteiger partial charge in [-0.3, -0.25) is 10.1 Å². The molecule has 0 bridgehead atoms. The molecule has 8 heteroatoms. The minimum Gasteiger partial charge on any atom is -0.493 e. The number of anilines is 1. The van der Waals surface area contributed by atoms with Gasteiger partial charge in [0, 0.05) is 5.25 Å². The zero-order valence-electron chi connectivity index (χ0n) is 14.1. The molecule has 0 fully saturated rings. The Kier molecular flexibility index (Phi) is 6.86. The highest BCUT2D eigenvalue weighted by molar-refractivity contribution is 8.01. The molecular weight excluding hydrogens is 346 g/mol. The van der Waals surface area contributed by atoms with E-state index < -0.39 is 6.10 Å². The number of amides is 1. The molecule has 1 N–H and O–H groups in total. The summed E-state index contributed by atoms with van der Waals surface area (Å²) in [6.45, 7) is 6.05. The predicted octanol–water partition coefficient (Wildman–Crippen LogP) is 3.84. The third-order valence-corrected chi connectivity index (χ3v) is 4.90. The van der Waals surface area contributed by atoms with E-state index in [9.17, 15) is 4.79 Å². The lowest BCUT2D eigenvalue weighted by atomic mass is 10.2. The molecule has 0 radical (unpaired) electrons. The zero-order valence-corrected chi connectivity index (χ0v) is 15.7. The second-order valence-corrected chi connectivity index (χ2v) is 8.00. The molecule has 2 aromatic rings. The molecule has 1 amide bonds. The van der Waals surface area contributed by atoms with Crippen LogP contribution in [0.4, 0.5) is 5.13 Å². The van der Waals surface area contributed by atoms with Crippen LogP contribution < -0.4 is 14.8 Å². The zero-order chi connectivity index (χ0) is 17.5. The van der Waals surface area contributed by atoms with E-state index in [1.54, 1.807) is 31.0 Å². The van der Waals surface area contributed by atoms with Gasteiger partial charge in [0.05, 0.1) is 7.11 Å². The Bertz CT molecular complexity index is 676. The second kappa shape index (κ2) is 8.89. The lowest BCUT2D eigenvalue weighted by Gasteiger charge is -2.18. The van der Waals surface area contributed by atoms with Gasteiger partial charge >= 0.3 is 0 Å². The monoisotopic (exact) mass is 367 g/mol. The Morgan fingerprint density at radius 3 is 2.62 bits per heavy atom. The molecule has 24 heavy (non-hydrogen) atoms. The Labute approximate surface area is 150 Å². The number of thioether (sulfide) groups is 1. The summed E-state index contributed by atoms with van der Waals surface area (Å²) in [5.41, 5.74) is 0. The van der Waals surface area contributed by atoms with Gasteiger partial charge in [-0.2, -0.15) is 0 Å². The summed E-state index contributed by atoms with van der Waals surface area (Å²) < 4.78 is 11.9. The number of aromatic nitrogens is 2. The van der Waals surface area contributed by atoms with Crippen LogP contribution in [-0.2, 0) is 4.79 Å². The fraction of sp³-hybridized carbons (Fsp3) is 0.438. The number of hydrogen-bond acceptors (Lipinski definition) is 7. The summed E-state index contributed by atoms with van der Waals surface area (Å²) in [5.74, 6) is 0.881. The number of hydrogen-bond donors (Lipinski definition) is 1. The molecule has 0 aliphatic rings. The largest absolute Gasteiger partial charge is 0.493 e. The molecule has 2 rings (SSSR count). The van der Waals surface area contributed by atoms with Crippen LogP contribution in [0.5, 0.6) is 11.5 Å². The maximum atomic E-state index is 12.4.